The van der Waals surface area contributed by atoms with Crippen molar-refractivity contribution in [3.8, 4) is 0 Å². The maximum absolute atomic E-state index is 12.1. The number of rotatable bonds is 2. The van der Waals surface area contributed by atoms with Crippen LogP contribution < -0.4 is 5.56 Å². The van der Waals surface area contributed by atoms with E-state index in [-0.39, 0.29) is 16.5 Å². The van der Waals surface area contributed by atoms with Crippen LogP contribution in [0, 0.1) is 0 Å². The summed E-state index contributed by atoms with van der Waals surface area (Å²) in [6.07, 6.45) is 2.74. The van der Waals surface area contributed by atoms with Gasteiger partial charge in [-0.05, 0) is 25.0 Å². The molecule has 0 atom stereocenters. The zero-order valence-electron chi connectivity index (χ0n) is 9.99. The largest absolute Gasteiger partial charge is 0.308 e. The molecule has 0 radical (unpaired) electrons. The van der Waals surface area contributed by atoms with Crippen LogP contribution in [0.15, 0.2) is 16.9 Å². The molecule has 0 aromatic carbocycles. The van der Waals surface area contributed by atoms with Gasteiger partial charge in [0.05, 0.1) is 5.56 Å². The summed E-state index contributed by atoms with van der Waals surface area (Å²) in [5.41, 5.74) is 1.08. The number of pyridine rings is 1. The summed E-state index contributed by atoms with van der Waals surface area (Å²) in [5.74, 6) is 0. The number of hydrogen-bond donors (Lipinski definition) is 0. The topological polar surface area (TPSA) is 39.1 Å². The van der Waals surface area contributed by atoms with Crippen LogP contribution in [-0.2, 0) is 5.41 Å². The molecule has 1 aromatic heterocycles. The Morgan fingerprint density at radius 2 is 1.94 bits per heavy atom. The molecule has 2 rings (SSSR count). The standard InChI is InChI=1S/C13H17NO2/c1-13(2,3)11-7-4-9(8-15)12(16)14(11)10-5-6-10/h4,7-8,10H,5-6H2,1-3H3. The smallest absolute Gasteiger partial charge is 0.261 e. The number of carbonyl (C=O) groups excluding carboxylic acids is 1. The number of aldehydes is 1. The number of hydrogen-bond acceptors (Lipinski definition) is 2. The predicted octanol–water partition coefficient (Wildman–Crippen LogP) is 2.29. The van der Waals surface area contributed by atoms with E-state index in [0.717, 1.165) is 18.5 Å². The molecule has 1 saturated carbocycles. The molecule has 0 amide bonds. The molecule has 1 aromatic rings. The summed E-state index contributed by atoms with van der Waals surface area (Å²) in [6, 6.07) is 3.85. The molecular weight excluding hydrogens is 202 g/mol. The zero-order chi connectivity index (χ0) is 11.9. The van der Waals surface area contributed by atoms with Crippen molar-refractivity contribution in [3.05, 3.63) is 33.7 Å². The number of nitrogens with zero attached hydrogens (tertiary/aromatic N) is 1. The Labute approximate surface area is 95.1 Å². The molecular formula is C13H17NO2. The lowest BCUT2D eigenvalue weighted by Crippen LogP contribution is -2.30. The van der Waals surface area contributed by atoms with Crippen molar-refractivity contribution in [3.63, 3.8) is 0 Å². The van der Waals surface area contributed by atoms with Crippen molar-refractivity contribution >= 4 is 6.29 Å². The molecule has 16 heavy (non-hydrogen) atoms. The van der Waals surface area contributed by atoms with Crippen molar-refractivity contribution in [2.24, 2.45) is 0 Å². The summed E-state index contributed by atoms with van der Waals surface area (Å²) in [6.45, 7) is 6.25. The van der Waals surface area contributed by atoms with E-state index in [0.29, 0.717) is 12.3 Å². The molecule has 3 nitrogen and oxygen atoms in total. The monoisotopic (exact) mass is 219 g/mol. The van der Waals surface area contributed by atoms with E-state index in [4.69, 9.17) is 0 Å². The van der Waals surface area contributed by atoms with Gasteiger partial charge in [-0.25, -0.2) is 0 Å². The van der Waals surface area contributed by atoms with Gasteiger partial charge in [0.2, 0.25) is 0 Å². The molecule has 3 heteroatoms. The Hall–Kier alpha value is -1.38. The molecule has 0 saturated heterocycles. The average Bonchev–Trinajstić information content (AvgIpc) is 2.99. The first kappa shape index (κ1) is 11.1. The van der Waals surface area contributed by atoms with Crippen molar-refractivity contribution in [2.75, 3.05) is 0 Å². The highest BCUT2D eigenvalue weighted by molar-refractivity contribution is 5.74. The summed E-state index contributed by atoms with van der Waals surface area (Å²) >= 11 is 0. The van der Waals surface area contributed by atoms with Gasteiger partial charge in [-0.1, -0.05) is 20.8 Å². The molecule has 86 valence electrons. The Kier molecular flexibility index (Phi) is 2.49. The van der Waals surface area contributed by atoms with Gasteiger partial charge in [0.25, 0.3) is 5.56 Å². The maximum Gasteiger partial charge on any atom is 0.261 e. The van der Waals surface area contributed by atoms with Gasteiger partial charge in [-0.2, -0.15) is 0 Å². The van der Waals surface area contributed by atoms with Gasteiger partial charge in [-0.15, -0.1) is 0 Å². The fraction of sp³-hybridized carbons (Fsp3) is 0.538. The predicted molar refractivity (Wildman–Crippen MR) is 63.1 cm³/mol. The van der Waals surface area contributed by atoms with E-state index in [9.17, 15) is 9.59 Å². The Bertz CT molecular complexity index is 476. The first-order valence-electron chi connectivity index (χ1n) is 5.66. The van der Waals surface area contributed by atoms with Gasteiger partial charge in [0.15, 0.2) is 6.29 Å². The summed E-state index contributed by atoms with van der Waals surface area (Å²) < 4.78 is 1.81. The van der Waals surface area contributed by atoms with Crippen molar-refractivity contribution in [1.29, 1.82) is 0 Å². The molecule has 1 aliphatic rings. The van der Waals surface area contributed by atoms with E-state index in [1.54, 1.807) is 6.07 Å². The van der Waals surface area contributed by atoms with Crippen LogP contribution in [0.4, 0.5) is 0 Å². The second-order valence-corrected chi connectivity index (χ2v) is 5.45. The molecule has 0 unspecified atom stereocenters. The highest BCUT2D eigenvalue weighted by Gasteiger charge is 2.30. The molecule has 0 aliphatic heterocycles. The Balaban J connectivity index is 2.67. The molecule has 1 aliphatic carbocycles. The lowest BCUT2D eigenvalue weighted by atomic mass is 9.90. The van der Waals surface area contributed by atoms with Crippen molar-refractivity contribution in [2.45, 2.75) is 45.1 Å². The van der Waals surface area contributed by atoms with Crippen LogP contribution in [0.1, 0.15) is 55.7 Å². The lowest BCUT2D eigenvalue weighted by molar-refractivity contribution is 0.112. The van der Waals surface area contributed by atoms with Crippen LogP contribution in [0.3, 0.4) is 0 Å². The molecule has 0 spiro atoms. The first-order chi connectivity index (χ1) is 7.45. The molecule has 0 bridgehead atoms. The summed E-state index contributed by atoms with van der Waals surface area (Å²) in [7, 11) is 0. The lowest BCUT2D eigenvalue weighted by Gasteiger charge is -2.24. The minimum absolute atomic E-state index is 0.0663. The summed E-state index contributed by atoms with van der Waals surface area (Å²) in [5, 5.41) is 0. The fourth-order valence-corrected chi connectivity index (χ4v) is 1.97. The van der Waals surface area contributed by atoms with E-state index < -0.39 is 0 Å². The number of carbonyl (C=O) groups is 1. The first-order valence-corrected chi connectivity index (χ1v) is 5.66. The third-order valence-corrected chi connectivity index (χ3v) is 2.95. The average molecular weight is 219 g/mol. The van der Waals surface area contributed by atoms with E-state index >= 15 is 0 Å². The SMILES string of the molecule is CC(C)(C)c1ccc(C=O)c(=O)n1C1CC1. The van der Waals surface area contributed by atoms with Crippen LogP contribution in [0.25, 0.3) is 0 Å². The van der Waals surface area contributed by atoms with E-state index in [2.05, 4.69) is 20.8 Å². The maximum atomic E-state index is 12.1. The third-order valence-electron chi connectivity index (χ3n) is 2.95. The Morgan fingerprint density at radius 3 is 2.38 bits per heavy atom. The van der Waals surface area contributed by atoms with Gasteiger partial charge in [-0.3, -0.25) is 9.59 Å². The van der Waals surface area contributed by atoms with Crippen LogP contribution >= 0.6 is 0 Å². The number of aromatic nitrogens is 1. The second kappa shape index (κ2) is 3.58. The highest BCUT2D eigenvalue weighted by atomic mass is 16.1. The van der Waals surface area contributed by atoms with Crippen LogP contribution in [0.2, 0.25) is 0 Å². The minimum Gasteiger partial charge on any atom is -0.308 e. The normalized spacial score (nSPS) is 16.2. The van der Waals surface area contributed by atoms with Gasteiger partial charge in [0, 0.05) is 17.2 Å². The minimum atomic E-state index is -0.134. The second-order valence-electron chi connectivity index (χ2n) is 5.45. The van der Waals surface area contributed by atoms with Crippen molar-refractivity contribution < 1.29 is 4.79 Å². The quantitative estimate of drug-likeness (QED) is 0.716. The van der Waals surface area contributed by atoms with E-state index in [1.807, 2.05) is 10.6 Å². The summed E-state index contributed by atoms with van der Waals surface area (Å²) in [4.78, 5) is 22.9. The zero-order valence-corrected chi connectivity index (χ0v) is 9.99. The molecule has 1 fully saturated rings. The highest BCUT2D eigenvalue weighted by Crippen LogP contribution is 2.37. The molecule has 1 heterocycles. The van der Waals surface area contributed by atoms with Crippen LogP contribution in [-0.4, -0.2) is 10.9 Å². The van der Waals surface area contributed by atoms with Gasteiger partial charge in [0.1, 0.15) is 0 Å². The molecule has 0 N–H and O–H groups in total. The fourth-order valence-electron chi connectivity index (χ4n) is 1.97. The van der Waals surface area contributed by atoms with Gasteiger partial charge >= 0.3 is 0 Å². The van der Waals surface area contributed by atoms with Crippen molar-refractivity contribution in [1.82, 2.24) is 4.57 Å². The third kappa shape index (κ3) is 1.82. The van der Waals surface area contributed by atoms with E-state index in [1.165, 1.54) is 0 Å². The van der Waals surface area contributed by atoms with Gasteiger partial charge < -0.3 is 4.57 Å². The van der Waals surface area contributed by atoms with Crippen LogP contribution in [0.5, 0.6) is 0 Å². The Morgan fingerprint density at radius 1 is 1.31 bits per heavy atom.